The zero-order valence-electron chi connectivity index (χ0n) is 11.2. The van der Waals surface area contributed by atoms with Gasteiger partial charge in [-0.2, -0.15) is 0 Å². The van der Waals surface area contributed by atoms with Gasteiger partial charge in [-0.1, -0.05) is 36.4 Å². The van der Waals surface area contributed by atoms with Crippen LogP contribution in [0.15, 0.2) is 36.4 Å². The third-order valence-corrected chi connectivity index (χ3v) is 4.12. The minimum Gasteiger partial charge on any atom is -0.468 e. The molecule has 1 N–H and O–H groups in total. The van der Waals surface area contributed by atoms with Gasteiger partial charge in [0, 0.05) is 12.8 Å². The van der Waals surface area contributed by atoms with Crippen molar-refractivity contribution in [3.05, 3.63) is 47.5 Å². The molecule has 0 amide bonds. The van der Waals surface area contributed by atoms with Gasteiger partial charge in [-0.15, -0.1) is 0 Å². The molecule has 0 spiro atoms. The predicted octanol–water partition coefficient (Wildman–Crippen LogP) is 2.07. The monoisotopic (exact) mass is 255 g/mol. The van der Waals surface area contributed by atoms with Crippen LogP contribution >= 0.6 is 0 Å². The molecule has 0 saturated carbocycles. The summed E-state index contributed by atoms with van der Waals surface area (Å²) in [6, 6.07) is 12.5. The lowest BCUT2D eigenvalue weighted by Crippen LogP contribution is -2.55. The van der Waals surface area contributed by atoms with E-state index in [-0.39, 0.29) is 5.97 Å². The number of likely N-dealkylation sites (N-methyl/N-ethyl adjacent to an activating group) is 1. The van der Waals surface area contributed by atoms with Crippen molar-refractivity contribution in [2.45, 2.75) is 18.4 Å². The minimum atomic E-state index is -0.641. The Bertz CT molecular complexity index is 607. The molecule has 3 nitrogen and oxygen atoms in total. The summed E-state index contributed by atoms with van der Waals surface area (Å²) >= 11 is 0. The van der Waals surface area contributed by atoms with Crippen molar-refractivity contribution in [1.82, 2.24) is 5.32 Å². The molecule has 0 aromatic heterocycles. The predicted molar refractivity (Wildman–Crippen MR) is 75.2 cm³/mol. The van der Waals surface area contributed by atoms with Crippen LogP contribution in [-0.2, 0) is 22.4 Å². The van der Waals surface area contributed by atoms with Gasteiger partial charge in [0.25, 0.3) is 0 Å². The molecule has 0 atom stereocenters. The maximum absolute atomic E-state index is 12.2. The number of rotatable bonds is 2. The van der Waals surface area contributed by atoms with Crippen LogP contribution < -0.4 is 5.32 Å². The first-order chi connectivity index (χ1) is 9.20. The van der Waals surface area contributed by atoms with E-state index in [0.29, 0.717) is 12.8 Å². The molecule has 19 heavy (non-hydrogen) atoms. The Labute approximate surface area is 112 Å². The van der Waals surface area contributed by atoms with Gasteiger partial charge in [-0.3, -0.25) is 4.79 Å². The van der Waals surface area contributed by atoms with Gasteiger partial charge in [0.05, 0.1) is 7.11 Å². The third kappa shape index (κ3) is 1.73. The van der Waals surface area contributed by atoms with Crippen LogP contribution in [0.2, 0.25) is 0 Å². The highest BCUT2D eigenvalue weighted by Crippen LogP contribution is 2.34. The largest absolute Gasteiger partial charge is 0.468 e. The van der Waals surface area contributed by atoms with Crippen LogP contribution in [-0.4, -0.2) is 25.7 Å². The lowest BCUT2D eigenvalue weighted by atomic mass is 9.76. The summed E-state index contributed by atoms with van der Waals surface area (Å²) in [4.78, 5) is 12.2. The second kappa shape index (κ2) is 4.35. The number of esters is 1. The molecule has 0 bridgehead atoms. The molecule has 0 radical (unpaired) electrons. The Hall–Kier alpha value is -1.87. The molecule has 3 heteroatoms. The molecule has 2 aromatic rings. The average molecular weight is 255 g/mol. The summed E-state index contributed by atoms with van der Waals surface area (Å²) in [7, 11) is 3.27. The van der Waals surface area contributed by atoms with Crippen LogP contribution in [0.5, 0.6) is 0 Å². The van der Waals surface area contributed by atoms with E-state index in [1.165, 1.54) is 29.0 Å². The number of benzene rings is 2. The summed E-state index contributed by atoms with van der Waals surface area (Å²) in [5, 5.41) is 5.71. The Morgan fingerprint density at radius 3 is 2.21 bits per heavy atom. The second-order valence-electron chi connectivity index (χ2n) is 5.11. The van der Waals surface area contributed by atoms with Crippen molar-refractivity contribution < 1.29 is 9.53 Å². The topological polar surface area (TPSA) is 38.3 Å². The van der Waals surface area contributed by atoms with Gasteiger partial charge < -0.3 is 10.1 Å². The van der Waals surface area contributed by atoms with Gasteiger partial charge in [0.15, 0.2) is 0 Å². The quantitative estimate of drug-likeness (QED) is 0.835. The number of carbonyl (C=O) groups is 1. The molecule has 0 fully saturated rings. The van der Waals surface area contributed by atoms with Crippen molar-refractivity contribution >= 4 is 16.7 Å². The van der Waals surface area contributed by atoms with E-state index < -0.39 is 5.54 Å². The Kier molecular flexibility index (Phi) is 2.79. The number of ether oxygens (including phenoxy) is 1. The maximum atomic E-state index is 12.2. The standard InChI is InChI=1S/C16H17NO2/c1-17-16(15(18)19-2)9-12-7-3-5-11-6-4-8-13(10-16)14(11)12/h3-8,17H,9-10H2,1-2H3. The van der Waals surface area contributed by atoms with Crippen molar-refractivity contribution in [3.8, 4) is 0 Å². The van der Waals surface area contributed by atoms with E-state index >= 15 is 0 Å². The molecule has 0 saturated heterocycles. The van der Waals surface area contributed by atoms with Crippen LogP contribution in [0.4, 0.5) is 0 Å². The fourth-order valence-corrected chi connectivity index (χ4v) is 3.13. The fourth-order valence-electron chi connectivity index (χ4n) is 3.13. The first-order valence-electron chi connectivity index (χ1n) is 6.47. The molecule has 0 aliphatic heterocycles. The van der Waals surface area contributed by atoms with Gasteiger partial charge in [0.1, 0.15) is 5.54 Å². The van der Waals surface area contributed by atoms with E-state index in [2.05, 4.69) is 29.6 Å². The van der Waals surface area contributed by atoms with Crippen LogP contribution in [0.1, 0.15) is 11.1 Å². The van der Waals surface area contributed by atoms with Crippen LogP contribution in [0, 0.1) is 0 Å². The summed E-state index contributed by atoms with van der Waals surface area (Å²) in [6.07, 6.45) is 1.34. The lowest BCUT2D eigenvalue weighted by molar-refractivity contribution is -0.148. The Morgan fingerprint density at radius 2 is 1.74 bits per heavy atom. The van der Waals surface area contributed by atoms with Crippen LogP contribution in [0.25, 0.3) is 10.8 Å². The lowest BCUT2D eigenvalue weighted by Gasteiger charge is -2.35. The molecule has 98 valence electrons. The van der Waals surface area contributed by atoms with Gasteiger partial charge in [-0.05, 0) is 28.9 Å². The Morgan fingerprint density at radius 1 is 1.16 bits per heavy atom. The highest BCUT2D eigenvalue weighted by Gasteiger charge is 2.41. The summed E-state index contributed by atoms with van der Waals surface area (Å²) < 4.78 is 4.99. The van der Waals surface area contributed by atoms with Crippen LogP contribution in [0.3, 0.4) is 0 Å². The molecule has 3 rings (SSSR count). The van der Waals surface area contributed by atoms with Crippen molar-refractivity contribution in [1.29, 1.82) is 0 Å². The van der Waals surface area contributed by atoms with E-state index in [4.69, 9.17) is 4.74 Å². The highest BCUT2D eigenvalue weighted by molar-refractivity contribution is 5.93. The number of nitrogens with one attached hydrogen (secondary N) is 1. The van der Waals surface area contributed by atoms with E-state index in [1.807, 2.05) is 19.2 Å². The maximum Gasteiger partial charge on any atom is 0.326 e. The smallest absolute Gasteiger partial charge is 0.326 e. The first kappa shape index (κ1) is 12.2. The molecule has 1 aliphatic carbocycles. The van der Waals surface area contributed by atoms with Crippen molar-refractivity contribution in [2.75, 3.05) is 14.2 Å². The molecule has 0 heterocycles. The molecule has 2 aromatic carbocycles. The zero-order chi connectivity index (χ0) is 13.5. The number of hydrogen-bond donors (Lipinski definition) is 1. The van der Waals surface area contributed by atoms with Gasteiger partial charge in [-0.25, -0.2) is 0 Å². The second-order valence-corrected chi connectivity index (χ2v) is 5.11. The number of methoxy groups -OCH3 is 1. The third-order valence-electron chi connectivity index (χ3n) is 4.12. The molecular weight excluding hydrogens is 238 g/mol. The molecule has 0 unspecified atom stereocenters. The van der Waals surface area contributed by atoms with Gasteiger partial charge >= 0.3 is 5.97 Å². The number of carbonyl (C=O) groups excluding carboxylic acids is 1. The van der Waals surface area contributed by atoms with E-state index in [0.717, 1.165) is 0 Å². The fraction of sp³-hybridized carbons (Fsp3) is 0.312. The summed E-state index contributed by atoms with van der Waals surface area (Å²) in [5.74, 6) is -0.193. The SMILES string of the molecule is CNC1(C(=O)OC)Cc2cccc3cccc(c23)C1. The average Bonchev–Trinajstić information content (AvgIpc) is 2.46. The highest BCUT2D eigenvalue weighted by atomic mass is 16.5. The summed E-state index contributed by atoms with van der Waals surface area (Å²) in [6.45, 7) is 0. The minimum absolute atomic E-state index is 0.193. The van der Waals surface area contributed by atoms with Crippen molar-refractivity contribution in [2.24, 2.45) is 0 Å². The molecular formula is C16H17NO2. The van der Waals surface area contributed by atoms with Crippen molar-refractivity contribution in [3.63, 3.8) is 0 Å². The zero-order valence-corrected chi connectivity index (χ0v) is 11.2. The Balaban J connectivity index is 2.19. The number of hydrogen-bond acceptors (Lipinski definition) is 3. The first-order valence-corrected chi connectivity index (χ1v) is 6.47. The normalized spacial score (nSPS) is 16.3. The summed E-state index contributed by atoms with van der Waals surface area (Å²) in [5.41, 5.74) is 1.77. The molecule has 1 aliphatic rings. The van der Waals surface area contributed by atoms with E-state index in [1.54, 1.807) is 0 Å². The van der Waals surface area contributed by atoms with Gasteiger partial charge in [0.2, 0.25) is 0 Å². The van der Waals surface area contributed by atoms with E-state index in [9.17, 15) is 4.79 Å².